The van der Waals surface area contributed by atoms with Crippen LogP contribution in [0.15, 0.2) is 0 Å². The molecule has 0 aromatic rings. The lowest BCUT2D eigenvalue weighted by Gasteiger charge is -2.30. The Balaban J connectivity index is 2.16. The van der Waals surface area contributed by atoms with Crippen molar-refractivity contribution >= 4 is 11.8 Å². The van der Waals surface area contributed by atoms with Crippen molar-refractivity contribution in [2.24, 2.45) is 11.8 Å². The van der Waals surface area contributed by atoms with Crippen LogP contribution in [0.2, 0.25) is 0 Å². The first-order chi connectivity index (χ1) is 9.19. The van der Waals surface area contributed by atoms with Crippen molar-refractivity contribution in [1.29, 1.82) is 0 Å². The zero-order valence-corrected chi connectivity index (χ0v) is 11.7. The minimum atomic E-state index is -0.136. The molecule has 0 saturated carbocycles. The van der Waals surface area contributed by atoms with Gasteiger partial charge in [0.1, 0.15) is 6.61 Å². The molecule has 0 atom stereocenters. The SMILES string of the molecule is CCCCCOCC(=O)N1CCC(C(=O)NN)CC1. The number of ether oxygens (including phenoxy) is 1. The molecule has 1 aliphatic rings. The summed E-state index contributed by atoms with van der Waals surface area (Å²) in [5.41, 5.74) is 2.17. The summed E-state index contributed by atoms with van der Waals surface area (Å²) in [6, 6.07) is 0. The molecule has 1 saturated heterocycles. The van der Waals surface area contributed by atoms with Gasteiger partial charge in [0.05, 0.1) is 0 Å². The molecule has 1 rings (SSSR count). The molecule has 0 bridgehead atoms. The molecule has 0 unspecified atom stereocenters. The van der Waals surface area contributed by atoms with Crippen LogP contribution in [0.5, 0.6) is 0 Å². The number of amides is 2. The zero-order valence-electron chi connectivity index (χ0n) is 11.7. The molecule has 0 spiro atoms. The van der Waals surface area contributed by atoms with Gasteiger partial charge in [-0.15, -0.1) is 0 Å². The fourth-order valence-corrected chi connectivity index (χ4v) is 2.21. The van der Waals surface area contributed by atoms with Crippen LogP contribution in [0.1, 0.15) is 39.0 Å². The van der Waals surface area contributed by atoms with E-state index in [2.05, 4.69) is 12.3 Å². The first-order valence-electron chi connectivity index (χ1n) is 7.05. The summed E-state index contributed by atoms with van der Waals surface area (Å²) in [5.74, 6) is 4.91. The van der Waals surface area contributed by atoms with Crippen LogP contribution in [0.3, 0.4) is 0 Å². The molecule has 1 heterocycles. The Kier molecular flexibility index (Phi) is 7.43. The molecule has 6 nitrogen and oxygen atoms in total. The second-order valence-corrected chi connectivity index (χ2v) is 4.92. The van der Waals surface area contributed by atoms with E-state index in [9.17, 15) is 9.59 Å². The van der Waals surface area contributed by atoms with Crippen LogP contribution in [-0.2, 0) is 14.3 Å². The van der Waals surface area contributed by atoms with Crippen LogP contribution in [0.25, 0.3) is 0 Å². The predicted molar refractivity (Wildman–Crippen MR) is 72.0 cm³/mol. The van der Waals surface area contributed by atoms with Gasteiger partial charge < -0.3 is 9.64 Å². The number of hydrogen-bond acceptors (Lipinski definition) is 4. The van der Waals surface area contributed by atoms with Gasteiger partial charge in [-0.1, -0.05) is 19.8 Å². The highest BCUT2D eigenvalue weighted by atomic mass is 16.5. The number of nitrogens with two attached hydrogens (primary N) is 1. The standard InChI is InChI=1S/C13H25N3O3/c1-2-3-4-9-19-10-12(17)16-7-5-11(6-8-16)13(18)15-14/h11H,2-10,14H2,1H3,(H,15,18). The van der Waals surface area contributed by atoms with Crippen LogP contribution >= 0.6 is 0 Å². The fourth-order valence-electron chi connectivity index (χ4n) is 2.21. The number of piperidine rings is 1. The van der Waals surface area contributed by atoms with Crippen LogP contribution < -0.4 is 11.3 Å². The Labute approximate surface area is 114 Å². The minimum absolute atomic E-state index is 0.0168. The average molecular weight is 271 g/mol. The number of rotatable bonds is 7. The third-order valence-electron chi connectivity index (χ3n) is 3.48. The van der Waals surface area contributed by atoms with E-state index in [0.29, 0.717) is 32.5 Å². The number of carbonyl (C=O) groups excluding carboxylic acids is 2. The number of unbranched alkanes of at least 4 members (excludes halogenated alkanes) is 2. The predicted octanol–water partition coefficient (Wildman–Crippen LogP) is 0.422. The van der Waals surface area contributed by atoms with Gasteiger partial charge in [0.25, 0.3) is 0 Å². The molecule has 6 heteroatoms. The summed E-state index contributed by atoms with van der Waals surface area (Å²) in [7, 11) is 0. The highest BCUT2D eigenvalue weighted by Gasteiger charge is 2.26. The van der Waals surface area contributed by atoms with Gasteiger partial charge in [-0.05, 0) is 19.3 Å². The van der Waals surface area contributed by atoms with E-state index in [1.165, 1.54) is 0 Å². The van der Waals surface area contributed by atoms with Gasteiger partial charge in [-0.3, -0.25) is 15.0 Å². The van der Waals surface area contributed by atoms with Crippen molar-refractivity contribution in [2.45, 2.75) is 39.0 Å². The lowest BCUT2D eigenvalue weighted by Crippen LogP contribution is -2.45. The van der Waals surface area contributed by atoms with E-state index in [-0.39, 0.29) is 24.3 Å². The molecule has 0 radical (unpaired) electrons. The van der Waals surface area contributed by atoms with Crippen molar-refractivity contribution in [2.75, 3.05) is 26.3 Å². The molecule has 2 amide bonds. The largest absolute Gasteiger partial charge is 0.372 e. The Hall–Kier alpha value is -1.14. The zero-order chi connectivity index (χ0) is 14.1. The quantitative estimate of drug-likeness (QED) is 0.304. The fraction of sp³-hybridized carbons (Fsp3) is 0.846. The van der Waals surface area contributed by atoms with Gasteiger partial charge >= 0.3 is 0 Å². The van der Waals surface area contributed by atoms with Crippen LogP contribution in [0, 0.1) is 5.92 Å². The number of carbonyl (C=O) groups is 2. The van der Waals surface area contributed by atoms with Crippen LogP contribution in [0.4, 0.5) is 0 Å². The highest BCUT2D eigenvalue weighted by Crippen LogP contribution is 2.17. The Bertz CT molecular complexity index is 289. The molecular weight excluding hydrogens is 246 g/mol. The lowest BCUT2D eigenvalue weighted by molar-refractivity contribution is -0.139. The van der Waals surface area contributed by atoms with E-state index in [1.807, 2.05) is 0 Å². The van der Waals surface area contributed by atoms with Gasteiger partial charge in [-0.25, -0.2) is 5.84 Å². The second-order valence-electron chi connectivity index (χ2n) is 4.92. The molecule has 0 aliphatic carbocycles. The first-order valence-corrected chi connectivity index (χ1v) is 7.05. The van der Waals surface area contributed by atoms with Crippen LogP contribution in [-0.4, -0.2) is 43.0 Å². The summed E-state index contributed by atoms with van der Waals surface area (Å²) >= 11 is 0. The van der Waals surface area contributed by atoms with E-state index in [4.69, 9.17) is 10.6 Å². The van der Waals surface area contributed by atoms with E-state index >= 15 is 0 Å². The third kappa shape index (κ3) is 5.57. The van der Waals surface area contributed by atoms with E-state index < -0.39 is 0 Å². The highest BCUT2D eigenvalue weighted by molar-refractivity contribution is 5.80. The Morgan fingerprint density at radius 3 is 2.58 bits per heavy atom. The van der Waals surface area contributed by atoms with Gasteiger partial charge in [-0.2, -0.15) is 0 Å². The lowest BCUT2D eigenvalue weighted by atomic mass is 9.96. The van der Waals surface area contributed by atoms with E-state index in [0.717, 1.165) is 19.3 Å². The Morgan fingerprint density at radius 2 is 2.00 bits per heavy atom. The van der Waals surface area contributed by atoms with E-state index in [1.54, 1.807) is 4.90 Å². The molecule has 110 valence electrons. The summed E-state index contributed by atoms with van der Waals surface area (Å²) < 4.78 is 5.36. The van der Waals surface area contributed by atoms with Gasteiger partial charge in [0, 0.05) is 25.6 Å². The normalized spacial score (nSPS) is 16.4. The number of hydrogen-bond donors (Lipinski definition) is 2. The summed E-state index contributed by atoms with van der Waals surface area (Å²) in [4.78, 5) is 25.0. The number of nitrogens with zero attached hydrogens (tertiary/aromatic N) is 1. The molecule has 0 aromatic carbocycles. The maximum absolute atomic E-state index is 11.9. The van der Waals surface area contributed by atoms with Crippen molar-refractivity contribution < 1.29 is 14.3 Å². The number of nitrogens with one attached hydrogen (secondary N) is 1. The topological polar surface area (TPSA) is 84.7 Å². The molecule has 1 fully saturated rings. The molecule has 3 N–H and O–H groups in total. The molecular formula is C13H25N3O3. The van der Waals surface area contributed by atoms with Gasteiger partial charge in [0.15, 0.2) is 0 Å². The van der Waals surface area contributed by atoms with Crippen molar-refractivity contribution in [3.8, 4) is 0 Å². The molecule has 0 aromatic heterocycles. The third-order valence-corrected chi connectivity index (χ3v) is 3.48. The minimum Gasteiger partial charge on any atom is -0.372 e. The van der Waals surface area contributed by atoms with Crippen molar-refractivity contribution in [3.63, 3.8) is 0 Å². The average Bonchev–Trinajstić information content (AvgIpc) is 2.46. The summed E-state index contributed by atoms with van der Waals surface area (Å²) in [5, 5.41) is 0. The second kappa shape index (κ2) is 8.87. The Morgan fingerprint density at radius 1 is 1.32 bits per heavy atom. The maximum atomic E-state index is 11.9. The molecule has 1 aliphatic heterocycles. The van der Waals surface area contributed by atoms with Gasteiger partial charge in [0.2, 0.25) is 11.8 Å². The first kappa shape index (κ1) is 15.9. The number of hydrazine groups is 1. The maximum Gasteiger partial charge on any atom is 0.248 e. The monoisotopic (exact) mass is 271 g/mol. The molecule has 19 heavy (non-hydrogen) atoms. The summed E-state index contributed by atoms with van der Waals surface area (Å²) in [6.45, 7) is 4.14. The number of likely N-dealkylation sites (tertiary alicyclic amines) is 1. The smallest absolute Gasteiger partial charge is 0.248 e. The van der Waals surface area contributed by atoms with Crippen molar-refractivity contribution in [3.05, 3.63) is 0 Å². The summed E-state index contributed by atoms with van der Waals surface area (Å²) in [6.07, 6.45) is 4.62. The van der Waals surface area contributed by atoms with Crippen molar-refractivity contribution in [1.82, 2.24) is 10.3 Å².